The summed E-state index contributed by atoms with van der Waals surface area (Å²) >= 11 is 0. The monoisotopic (exact) mass is 467 g/mol. The lowest BCUT2D eigenvalue weighted by molar-refractivity contribution is 0.0671. The van der Waals surface area contributed by atoms with E-state index in [0.29, 0.717) is 11.2 Å². The fourth-order valence-electron chi connectivity index (χ4n) is 4.04. The summed E-state index contributed by atoms with van der Waals surface area (Å²) in [7, 11) is 0. The van der Waals surface area contributed by atoms with Gasteiger partial charge in [0.05, 0.1) is 0 Å². The Labute approximate surface area is 165 Å². The van der Waals surface area contributed by atoms with Crippen LogP contribution in [0.25, 0.3) is 0 Å². The van der Waals surface area contributed by atoms with Gasteiger partial charge in [-0.25, -0.2) is 9.98 Å². The van der Waals surface area contributed by atoms with E-state index >= 15 is 0 Å². The highest BCUT2D eigenvalue weighted by Gasteiger charge is 2.39. The van der Waals surface area contributed by atoms with Crippen molar-refractivity contribution < 1.29 is 8.78 Å². The van der Waals surface area contributed by atoms with Crippen molar-refractivity contribution in [3.8, 4) is 0 Å². The number of hydrogen-bond acceptors (Lipinski definition) is 2. The van der Waals surface area contributed by atoms with Gasteiger partial charge in [0.1, 0.15) is 12.4 Å². The Hall–Kier alpha value is -0.930. The van der Waals surface area contributed by atoms with Gasteiger partial charge >= 0.3 is 6.55 Å². The highest BCUT2D eigenvalue weighted by atomic mass is 127. The van der Waals surface area contributed by atoms with E-state index in [1.807, 2.05) is 6.92 Å². The molecule has 1 saturated carbocycles. The third kappa shape index (κ3) is 4.83. The second-order valence-corrected chi connectivity index (χ2v) is 6.93. The van der Waals surface area contributed by atoms with Crippen molar-refractivity contribution in [3.05, 3.63) is 18.2 Å². The fraction of sp³-hybridized carbons (Fsp3) is 0.765. The molecule has 0 bridgehead atoms. The van der Waals surface area contributed by atoms with Crippen LogP contribution in [0.3, 0.4) is 0 Å². The van der Waals surface area contributed by atoms with Crippen LogP contribution in [0.2, 0.25) is 0 Å². The average Bonchev–Trinajstić information content (AvgIpc) is 3.20. The first-order valence-corrected chi connectivity index (χ1v) is 8.97. The Morgan fingerprint density at radius 2 is 2.08 bits per heavy atom. The first-order chi connectivity index (χ1) is 11.6. The summed E-state index contributed by atoms with van der Waals surface area (Å²) in [6.07, 6.45) is 10.5. The molecule has 1 aromatic rings. The van der Waals surface area contributed by atoms with E-state index < -0.39 is 6.55 Å². The van der Waals surface area contributed by atoms with Crippen LogP contribution in [0, 0.1) is 5.41 Å². The Kier molecular flexibility index (Phi) is 7.45. The van der Waals surface area contributed by atoms with Crippen LogP contribution < -0.4 is 5.32 Å². The number of alkyl halides is 2. The second-order valence-electron chi connectivity index (χ2n) is 6.93. The molecule has 2 fully saturated rings. The molecule has 8 heteroatoms. The summed E-state index contributed by atoms with van der Waals surface area (Å²) in [5, 5.41) is 3.31. The molecule has 142 valence electrons. The van der Waals surface area contributed by atoms with Crippen LogP contribution in [0.15, 0.2) is 17.4 Å². The van der Waals surface area contributed by atoms with Gasteiger partial charge in [0.25, 0.3) is 0 Å². The molecule has 0 amide bonds. The van der Waals surface area contributed by atoms with E-state index in [0.717, 1.165) is 30.2 Å². The van der Waals surface area contributed by atoms with Gasteiger partial charge in [-0.15, -0.1) is 24.0 Å². The van der Waals surface area contributed by atoms with E-state index in [-0.39, 0.29) is 30.5 Å². The molecule has 25 heavy (non-hydrogen) atoms. The third-order valence-electron chi connectivity index (χ3n) is 5.32. The first-order valence-electron chi connectivity index (χ1n) is 8.97. The first kappa shape index (κ1) is 20.4. The number of likely N-dealkylation sites (tertiary alicyclic amines) is 1. The Balaban J connectivity index is 0.00000225. The van der Waals surface area contributed by atoms with Gasteiger partial charge in [-0.05, 0) is 31.6 Å². The molecule has 0 radical (unpaired) electrons. The predicted octanol–water partition coefficient (Wildman–Crippen LogP) is 4.02. The number of nitrogens with zero attached hydrogens (tertiary/aromatic N) is 4. The Morgan fingerprint density at radius 3 is 2.76 bits per heavy atom. The molecular weight excluding hydrogens is 439 g/mol. The summed E-state index contributed by atoms with van der Waals surface area (Å²) in [6.45, 7) is 2.42. The average molecular weight is 467 g/mol. The molecule has 0 aromatic carbocycles. The molecule has 1 N–H and O–H groups in total. The molecule has 5 nitrogen and oxygen atoms in total. The smallest absolute Gasteiger partial charge is 0.319 e. The van der Waals surface area contributed by atoms with Crippen LogP contribution >= 0.6 is 24.0 Å². The van der Waals surface area contributed by atoms with Gasteiger partial charge in [0.15, 0.2) is 5.96 Å². The quantitative estimate of drug-likeness (QED) is 0.414. The zero-order valence-corrected chi connectivity index (χ0v) is 17.1. The van der Waals surface area contributed by atoms with Gasteiger partial charge < -0.3 is 10.2 Å². The third-order valence-corrected chi connectivity index (χ3v) is 5.32. The topological polar surface area (TPSA) is 45.5 Å². The zero-order chi connectivity index (χ0) is 17.0. The SMILES string of the molecule is CCNC(=NCc1nccn1C(F)F)N1CCC2(CCCCC2)C1.I. The van der Waals surface area contributed by atoms with Crippen molar-refractivity contribution in [2.45, 2.75) is 58.5 Å². The largest absolute Gasteiger partial charge is 0.357 e. The van der Waals surface area contributed by atoms with Gasteiger partial charge in [-0.2, -0.15) is 8.78 Å². The number of imidazole rings is 1. The molecule has 1 aromatic heterocycles. The molecule has 1 aliphatic heterocycles. The molecule has 1 aliphatic carbocycles. The number of aliphatic imine (C=N–C) groups is 1. The van der Waals surface area contributed by atoms with Crippen LogP contribution in [-0.4, -0.2) is 40.0 Å². The molecule has 1 saturated heterocycles. The van der Waals surface area contributed by atoms with Gasteiger partial charge in [0, 0.05) is 32.0 Å². The van der Waals surface area contributed by atoms with Crippen molar-refractivity contribution in [1.82, 2.24) is 19.8 Å². The molecule has 2 heterocycles. The number of nitrogens with one attached hydrogen (secondary N) is 1. The second kappa shape index (κ2) is 9.14. The van der Waals surface area contributed by atoms with E-state index in [1.54, 1.807) is 0 Å². The normalized spacial score (nSPS) is 20.2. The van der Waals surface area contributed by atoms with Crippen LogP contribution in [0.4, 0.5) is 8.78 Å². The van der Waals surface area contributed by atoms with Crippen molar-refractivity contribution in [3.63, 3.8) is 0 Å². The Morgan fingerprint density at radius 1 is 1.32 bits per heavy atom. The van der Waals surface area contributed by atoms with E-state index in [4.69, 9.17) is 0 Å². The summed E-state index contributed by atoms with van der Waals surface area (Å²) in [6, 6.07) is 0. The maximum absolute atomic E-state index is 12.9. The summed E-state index contributed by atoms with van der Waals surface area (Å²) < 4.78 is 26.7. The number of aromatic nitrogens is 2. The summed E-state index contributed by atoms with van der Waals surface area (Å²) in [5.74, 6) is 1.12. The predicted molar refractivity (Wildman–Crippen MR) is 105 cm³/mol. The van der Waals surface area contributed by atoms with Crippen molar-refractivity contribution >= 4 is 29.9 Å². The van der Waals surface area contributed by atoms with Crippen LogP contribution in [-0.2, 0) is 6.54 Å². The molecule has 3 rings (SSSR count). The van der Waals surface area contributed by atoms with E-state index in [1.165, 1.54) is 50.9 Å². The van der Waals surface area contributed by atoms with Crippen LogP contribution in [0.1, 0.15) is 57.8 Å². The van der Waals surface area contributed by atoms with Crippen molar-refractivity contribution in [2.24, 2.45) is 10.4 Å². The number of guanidine groups is 1. The summed E-state index contributed by atoms with van der Waals surface area (Å²) in [4.78, 5) is 10.9. The Bertz CT molecular complexity index is 569. The highest BCUT2D eigenvalue weighted by molar-refractivity contribution is 14.0. The maximum Gasteiger partial charge on any atom is 0.319 e. The fourth-order valence-corrected chi connectivity index (χ4v) is 4.04. The van der Waals surface area contributed by atoms with Crippen LogP contribution in [0.5, 0.6) is 0 Å². The number of halogens is 3. The minimum atomic E-state index is -2.57. The van der Waals surface area contributed by atoms with Gasteiger partial charge in [-0.3, -0.25) is 4.57 Å². The highest BCUT2D eigenvalue weighted by Crippen LogP contribution is 2.43. The lowest BCUT2D eigenvalue weighted by Gasteiger charge is -2.33. The number of rotatable bonds is 4. The maximum atomic E-state index is 12.9. The van der Waals surface area contributed by atoms with Crippen molar-refractivity contribution in [2.75, 3.05) is 19.6 Å². The lowest BCUT2D eigenvalue weighted by atomic mass is 9.73. The van der Waals surface area contributed by atoms with Gasteiger partial charge in [-0.1, -0.05) is 19.3 Å². The summed E-state index contributed by atoms with van der Waals surface area (Å²) in [5.41, 5.74) is 0.440. The lowest BCUT2D eigenvalue weighted by Crippen LogP contribution is -2.41. The number of hydrogen-bond donors (Lipinski definition) is 1. The molecule has 0 unspecified atom stereocenters. The minimum absolute atomic E-state index is 0. The molecular formula is C17H28F2IN5. The molecule has 0 atom stereocenters. The standard InChI is InChI=1S/C17H27F2N5.HI/c1-2-20-16(22-12-14-21-9-11-24(14)15(18)19)23-10-8-17(13-23)6-4-3-5-7-17;/h9,11,15H,2-8,10,12-13H2,1H3,(H,20,22);1H. The molecule has 1 spiro atoms. The van der Waals surface area contributed by atoms with E-state index in [2.05, 4.69) is 20.2 Å². The van der Waals surface area contributed by atoms with Crippen molar-refractivity contribution in [1.29, 1.82) is 0 Å². The molecule has 2 aliphatic rings. The zero-order valence-electron chi connectivity index (χ0n) is 14.8. The van der Waals surface area contributed by atoms with Gasteiger partial charge in [0.2, 0.25) is 0 Å². The minimum Gasteiger partial charge on any atom is -0.357 e. The van der Waals surface area contributed by atoms with E-state index in [9.17, 15) is 8.78 Å².